The smallest absolute Gasteiger partial charge is 0.136 e. The lowest BCUT2D eigenvalue weighted by Gasteiger charge is -2.25. The zero-order chi connectivity index (χ0) is 8.32. The van der Waals surface area contributed by atoms with E-state index in [9.17, 15) is 4.79 Å². The van der Waals surface area contributed by atoms with E-state index in [2.05, 4.69) is 0 Å². The Labute approximate surface area is 71.0 Å². The first kappa shape index (κ1) is 8.81. The van der Waals surface area contributed by atoms with Crippen molar-refractivity contribution in [1.29, 1.82) is 0 Å². The Morgan fingerprint density at radius 1 is 1.82 bits per heavy atom. The number of hydrogen-bond acceptors (Lipinski definition) is 3. The van der Waals surface area contributed by atoms with Gasteiger partial charge in [0.05, 0.1) is 5.25 Å². The molecule has 1 aliphatic heterocycles. The molecule has 62 valence electrons. The summed E-state index contributed by atoms with van der Waals surface area (Å²) in [5.74, 6) is 0. The molecule has 2 nitrogen and oxygen atoms in total. The molecule has 0 amide bonds. The molecule has 0 saturated carbocycles. The van der Waals surface area contributed by atoms with Gasteiger partial charge in [-0.25, -0.2) is 0 Å². The molecule has 0 N–H and O–H groups in total. The number of hydrogen-bond donors (Lipinski definition) is 0. The molecule has 2 unspecified atom stereocenters. The van der Waals surface area contributed by atoms with E-state index in [0.29, 0.717) is 6.61 Å². The van der Waals surface area contributed by atoms with Crippen LogP contribution in [0, 0.1) is 0 Å². The summed E-state index contributed by atoms with van der Waals surface area (Å²) in [7, 11) is 0. The van der Waals surface area contributed by atoms with Gasteiger partial charge in [-0.05, 0) is 25.3 Å². The van der Waals surface area contributed by atoms with Gasteiger partial charge in [-0.1, -0.05) is 0 Å². The average Bonchev–Trinajstić information content (AvgIpc) is 2.31. The maximum absolute atomic E-state index is 10.6. The highest BCUT2D eigenvalue weighted by Crippen LogP contribution is 2.34. The normalized spacial score (nSPS) is 36.0. The van der Waals surface area contributed by atoms with Gasteiger partial charge in [0.15, 0.2) is 0 Å². The van der Waals surface area contributed by atoms with E-state index in [1.807, 2.05) is 25.3 Å². The molecule has 0 aliphatic carbocycles. The molecule has 0 aromatic heterocycles. The number of carbonyl (C=O) groups excluding carboxylic acids is 1. The molecule has 0 saturated heterocycles. The fourth-order valence-corrected chi connectivity index (χ4v) is 2.10. The van der Waals surface area contributed by atoms with Gasteiger partial charge in [0.1, 0.15) is 11.9 Å². The van der Waals surface area contributed by atoms with E-state index in [1.165, 1.54) is 11.8 Å². The van der Waals surface area contributed by atoms with Crippen LogP contribution in [0.15, 0.2) is 11.5 Å². The van der Waals surface area contributed by atoms with Crippen LogP contribution in [0.4, 0.5) is 0 Å². The predicted molar refractivity (Wildman–Crippen MR) is 46.6 cm³/mol. The largest absolute Gasteiger partial charge is 0.370 e. The van der Waals surface area contributed by atoms with Crippen molar-refractivity contribution < 1.29 is 9.53 Å². The second kappa shape index (κ2) is 3.41. The highest BCUT2D eigenvalue weighted by molar-refractivity contribution is 8.03. The molecule has 0 radical (unpaired) electrons. The molecule has 11 heavy (non-hydrogen) atoms. The van der Waals surface area contributed by atoms with Crippen LogP contribution in [0.5, 0.6) is 0 Å². The van der Waals surface area contributed by atoms with Crippen molar-refractivity contribution >= 4 is 18.0 Å². The number of carbonyl (C=O) groups is 1. The average molecular weight is 172 g/mol. The van der Waals surface area contributed by atoms with Crippen molar-refractivity contribution in [2.75, 3.05) is 6.61 Å². The van der Waals surface area contributed by atoms with Crippen LogP contribution in [-0.4, -0.2) is 23.7 Å². The highest BCUT2D eigenvalue weighted by atomic mass is 32.2. The molecule has 1 rings (SSSR count). The van der Waals surface area contributed by atoms with Crippen molar-refractivity contribution in [3.63, 3.8) is 0 Å². The van der Waals surface area contributed by atoms with E-state index in [1.54, 1.807) is 0 Å². The van der Waals surface area contributed by atoms with Crippen LogP contribution >= 0.6 is 11.8 Å². The van der Waals surface area contributed by atoms with Crippen LogP contribution in [0.3, 0.4) is 0 Å². The first-order chi connectivity index (χ1) is 5.23. The Morgan fingerprint density at radius 3 is 3.09 bits per heavy atom. The predicted octanol–water partition coefficient (Wildman–Crippen LogP) is 1.61. The lowest BCUT2D eigenvalue weighted by Crippen LogP contribution is -2.36. The topological polar surface area (TPSA) is 26.3 Å². The minimum absolute atomic E-state index is 0.0672. The van der Waals surface area contributed by atoms with E-state index in [0.717, 1.165) is 6.29 Å². The lowest BCUT2D eigenvalue weighted by molar-refractivity contribution is -0.111. The molecule has 0 spiro atoms. The molecule has 0 bridgehead atoms. The van der Waals surface area contributed by atoms with E-state index < -0.39 is 0 Å². The standard InChI is InChI=1S/C8H12O2S/c1-3-10-8(2)4-5-11-7(8)6-9/h4-7H,3H2,1-2H3. The van der Waals surface area contributed by atoms with Gasteiger partial charge in [0, 0.05) is 6.61 Å². The minimum atomic E-state index is -0.374. The molecule has 0 aromatic rings. The SMILES string of the molecule is CCOC1(C)C=CSC1C=O. The van der Waals surface area contributed by atoms with Gasteiger partial charge in [-0.3, -0.25) is 0 Å². The lowest BCUT2D eigenvalue weighted by atomic mass is 10.0. The van der Waals surface area contributed by atoms with Gasteiger partial charge >= 0.3 is 0 Å². The fraction of sp³-hybridized carbons (Fsp3) is 0.625. The summed E-state index contributed by atoms with van der Waals surface area (Å²) in [5, 5.41) is 1.86. The minimum Gasteiger partial charge on any atom is -0.370 e. The van der Waals surface area contributed by atoms with Gasteiger partial charge in [-0.2, -0.15) is 0 Å². The summed E-state index contributed by atoms with van der Waals surface area (Å²) in [5.41, 5.74) is -0.374. The third-order valence-electron chi connectivity index (χ3n) is 1.77. The number of ether oxygens (including phenoxy) is 1. The van der Waals surface area contributed by atoms with Gasteiger partial charge in [0.25, 0.3) is 0 Å². The molecular weight excluding hydrogens is 160 g/mol. The zero-order valence-corrected chi connectivity index (χ0v) is 7.56. The molecule has 1 aliphatic rings. The summed E-state index contributed by atoms with van der Waals surface area (Å²) in [6.07, 6.45) is 2.89. The summed E-state index contributed by atoms with van der Waals surface area (Å²) >= 11 is 1.52. The summed E-state index contributed by atoms with van der Waals surface area (Å²) in [4.78, 5) is 10.6. The Kier molecular flexibility index (Phi) is 2.73. The molecular formula is C8H12O2S. The zero-order valence-electron chi connectivity index (χ0n) is 6.74. The van der Waals surface area contributed by atoms with Crippen LogP contribution < -0.4 is 0 Å². The van der Waals surface area contributed by atoms with Gasteiger partial charge in [0.2, 0.25) is 0 Å². The van der Waals surface area contributed by atoms with Crippen LogP contribution in [-0.2, 0) is 9.53 Å². The van der Waals surface area contributed by atoms with Crippen molar-refractivity contribution in [3.8, 4) is 0 Å². The quantitative estimate of drug-likeness (QED) is 0.605. The maximum atomic E-state index is 10.6. The monoisotopic (exact) mass is 172 g/mol. The summed E-state index contributed by atoms with van der Waals surface area (Å²) < 4.78 is 5.45. The van der Waals surface area contributed by atoms with Crippen molar-refractivity contribution in [2.24, 2.45) is 0 Å². The summed E-state index contributed by atoms with van der Waals surface area (Å²) in [6, 6.07) is 0. The Morgan fingerprint density at radius 2 is 2.55 bits per heavy atom. The molecule has 2 atom stereocenters. The van der Waals surface area contributed by atoms with Crippen LogP contribution in [0.1, 0.15) is 13.8 Å². The van der Waals surface area contributed by atoms with Crippen molar-refractivity contribution in [2.45, 2.75) is 24.7 Å². The van der Waals surface area contributed by atoms with E-state index in [-0.39, 0.29) is 10.9 Å². The van der Waals surface area contributed by atoms with E-state index in [4.69, 9.17) is 4.74 Å². The Balaban J connectivity index is 2.65. The first-order valence-electron chi connectivity index (χ1n) is 3.65. The third kappa shape index (κ3) is 1.65. The molecule has 3 heteroatoms. The Bertz CT molecular complexity index is 179. The second-order valence-electron chi connectivity index (χ2n) is 2.61. The van der Waals surface area contributed by atoms with Gasteiger partial charge in [-0.15, -0.1) is 11.8 Å². The maximum Gasteiger partial charge on any atom is 0.136 e. The van der Waals surface area contributed by atoms with E-state index >= 15 is 0 Å². The first-order valence-corrected chi connectivity index (χ1v) is 4.59. The van der Waals surface area contributed by atoms with Crippen LogP contribution in [0.2, 0.25) is 0 Å². The molecule has 0 fully saturated rings. The summed E-state index contributed by atoms with van der Waals surface area (Å²) in [6.45, 7) is 4.52. The number of rotatable bonds is 3. The van der Waals surface area contributed by atoms with Gasteiger partial charge < -0.3 is 9.53 Å². The number of thioether (sulfide) groups is 1. The highest BCUT2D eigenvalue weighted by Gasteiger charge is 2.35. The fourth-order valence-electron chi connectivity index (χ4n) is 1.10. The number of aldehydes is 1. The second-order valence-corrected chi connectivity index (χ2v) is 3.66. The Hall–Kier alpha value is -0.280. The third-order valence-corrected chi connectivity index (χ3v) is 2.93. The van der Waals surface area contributed by atoms with Crippen molar-refractivity contribution in [3.05, 3.63) is 11.5 Å². The molecule has 1 heterocycles. The molecule has 0 aromatic carbocycles. The van der Waals surface area contributed by atoms with Crippen molar-refractivity contribution in [1.82, 2.24) is 0 Å². The van der Waals surface area contributed by atoms with Crippen LogP contribution in [0.25, 0.3) is 0 Å².